The summed E-state index contributed by atoms with van der Waals surface area (Å²) in [4.78, 5) is 12.4. The number of esters is 1. The topological polar surface area (TPSA) is 53.4 Å². The molecule has 0 saturated heterocycles. The van der Waals surface area contributed by atoms with E-state index in [-0.39, 0.29) is 18.5 Å². The third-order valence-electron chi connectivity index (χ3n) is 4.56. The second-order valence-electron chi connectivity index (χ2n) is 6.51. The van der Waals surface area contributed by atoms with Crippen LogP contribution in [0.2, 0.25) is 0 Å². The zero-order valence-electron chi connectivity index (χ0n) is 14.8. The maximum atomic E-state index is 12.4. The highest BCUT2D eigenvalue weighted by molar-refractivity contribution is 5.80. The molecule has 2 heterocycles. The van der Waals surface area contributed by atoms with Gasteiger partial charge < -0.3 is 9.47 Å². The van der Waals surface area contributed by atoms with Crippen molar-refractivity contribution in [2.75, 3.05) is 6.61 Å². The zero-order valence-corrected chi connectivity index (χ0v) is 14.8. The number of carbonyl (C=O) groups is 1. The maximum absolute atomic E-state index is 12.4. The van der Waals surface area contributed by atoms with E-state index in [0.717, 1.165) is 34.0 Å². The molecular formula is C21H20N2O3. The van der Waals surface area contributed by atoms with Gasteiger partial charge in [0, 0.05) is 11.3 Å². The smallest absolute Gasteiger partial charge is 0.317 e. The van der Waals surface area contributed by atoms with Gasteiger partial charge in [-0.15, -0.1) is 0 Å². The molecule has 0 saturated carbocycles. The van der Waals surface area contributed by atoms with Gasteiger partial charge in [-0.1, -0.05) is 30.3 Å². The molecule has 132 valence electrons. The van der Waals surface area contributed by atoms with Crippen molar-refractivity contribution < 1.29 is 14.3 Å². The molecular weight excluding hydrogens is 328 g/mol. The first-order chi connectivity index (χ1) is 12.6. The molecule has 5 nitrogen and oxygen atoms in total. The van der Waals surface area contributed by atoms with Gasteiger partial charge >= 0.3 is 5.97 Å². The van der Waals surface area contributed by atoms with E-state index < -0.39 is 0 Å². The second-order valence-corrected chi connectivity index (χ2v) is 6.51. The van der Waals surface area contributed by atoms with Crippen LogP contribution < -0.4 is 4.74 Å². The van der Waals surface area contributed by atoms with E-state index in [4.69, 9.17) is 9.47 Å². The Labute approximate surface area is 152 Å². The fourth-order valence-corrected chi connectivity index (χ4v) is 3.24. The van der Waals surface area contributed by atoms with Crippen LogP contribution in [0, 0.1) is 13.8 Å². The first-order valence-electron chi connectivity index (χ1n) is 8.63. The summed E-state index contributed by atoms with van der Waals surface area (Å²) < 4.78 is 13.0. The number of rotatable bonds is 4. The van der Waals surface area contributed by atoms with Crippen molar-refractivity contribution in [2.24, 2.45) is 0 Å². The highest BCUT2D eigenvalue weighted by atomic mass is 16.5. The Bertz CT molecular complexity index is 944. The molecule has 1 aliphatic rings. The fraction of sp³-hybridized carbons (Fsp3) is 0.238. The van der Waals surface area contributed by atoms with E-state index in [0.29, 0.717) is 6.61 Å². The normalized spacial score (nSPS) is 15.4. The van der Waals surface area contributed by atoms with Crippen molar-refractivity contribution in [1.82, 2.24) is 9.78 Å². The quantitative estimate of drug-likeness (QED) is 0.675. The van der Waals surface area contributed by atoms with Crippen LogP contribution in [0.3, 0.4) is 0 Å². The lowest BCUT2D eigenvalue weighted by Gasteiger charge is -2.10. The molecule has 2 aromatic carbocycles. The number of aromatic nitrogens is 2. The van der Waals surface area contributed by atoms with Crippen molar-refractivity contribution >= 4 is 5.97 Å². The molecule has 5 heteroatoms. The van der Waals surface area contributed by atoms with Gasteiger partial charge in [0.15, 0.2) is 0 Å². The molecule has 0 bridgehead atoms. The van der Waals surface area contributed by atoms with Gasteiger partial charge in [-0.05, 0) is 43.7 Å². The van der Waals surface area contributed by atoms with Crippen LogP contribution >= 0.6 is 0 Å². The Morgan fingerprint density at radius 1 is 1.19 bits per heavy atom. The molecule has 26 heavy (non-hydrogen) atoms. The van der Waals surface area contributed by atoms with Gasteiger partial charge in [-0.25, -0.2) is 4.68 Å². The SMILES string of the molecule is Cc1cc(C)n(-c2ccc(COC(=O)[C@H]3COc4ccccc43)cc2)n1. The van der Waals surface area contributed by atoms with Gasteiger partial charge in [0.25, 0.3) is 0 Å². The predicted octanol–water partition coefficient (Wildman–Crippen LogP) is 3.71. The van der Waals surface area contributed by atoms with Crippen molar-refractivity contribution in [2.45, 2.75) is 26.4 Å². The number of hydrogen-bond donors (Lipinski definition) is 0. The van der Waals surface area contributed by atoms with Crippen LogP contribution in [0.25, 0.3) is 5.69 Å². The monoisotopic (exact) mass is 348 g/mol. The van der Waals surface area contributed by atoms with Gasteiger partial charge in [-0.2, -0.15) is 5.10 Å². The standard InChI is InChI=1S/C21H20N2O3/c1-14-11-15(2)23(22-14)17-9-7-16(8-10-17)12-26-21(24)19-13-25-20-6-4-3-5-18(19)20/h3-11,19H,12-13H2,1-2H3/t19-/m0/s1. The van der Waals surface area contributed by atoms with E-state index in [1.807, 2.05) is 73.1 Å². The summed E-state index contributed by atoms with van der Waals surface area (Å²) in [6.45, 7) is 4.59. The molecule has 4 rings (SSSR count). The predicted molar refractivity (Wildman–Crippen MR) is 97.5 cm³/mol. The fourth-order valence-electron chi connectivity index (χ4n) is 3.24. The molecule has 1 aliphatic heterocycles. The molecule has 1 aromatic heterocycles. The Balaban J connectivity index is 1.41. The summed E-state index contributed by atoms with van der Waals surface area (Å²) in [5, 5.41) is 4.48. The highest BCUT2D eigenvalue weighted by Gasteiger charge is 2.31. The van der Waals surface area contributed by atoms with Gasteiger partial charge in [-0.3, -0.25) is 4.79 Å². The lowest BCUT2D eigenvalue weighted by atomic mass is 10.0. The maximum Gasteiger partial charge on any atom is 0.317 e. The summed E-state index contributed by atoms with van der Waals surface area (Å²) in [5.41, 5.74) is 4.90. The van der Waals surface area contributed by atoms with Gasteiger partial charge in [0.05, 0.1) is 11.4 Å². The van der Waals surface area contributed by atoms with E-state index in [1.54, 1.807) is 0 Å². The number of hydrogen-bond acceptors (Lipinski definition) is 4. The third kappa shape index (κ3) is 3.08. The van der Waals surface area contributed by atoms with E-state index in [1.165, 1.54) is 0 Å². The minimum Gasteiger partial charge on any atom is -0.492 e. The van der Waals surface area contributed by atoms with Gasteiger partial charge in [0.1, 0.15) is 24.9 Å². The third-order valence-corrected chi connectivity index (χ3v) is 4.56. The Morgan fingerprint density at radius 2 is 1.96 bits per heavy atom. The minimum atomic E-state index is -0.347. The van der Waals surface area contributed by atoms with Crippen molar-refractivity contribution in [3.05, 3.63) is 77.1 Å². The molecule has 0 aliphatic carbocycles. The number of benzene rings is 2. The number of ether oxygens (including phenoxy) is 2. The first-order valence-corrected chi connectivity index (χ1v) is 8.63. The van der Waals surface area contributed by atoms with E-state index in [2.05, 4.69) is 5.10 Å². The average molecular weight is 348 g/mol. The van der Waals surface area contributed by atoms with Crippen LogP contribution in [0.5, 0.6) is 5.75 Å². The number of nitrogens with zero attached hydrogens (tertiary/aromatic N) is 2. The summed E-state index contributed by atoms with van der Waals surface area (Å²) in [5.74, 6) is 0.168. The van der Waals surface area contributed by atoms with Crippen molar-refractivity contribution in [3.8, 4) is 11.4 Å². The number of carbonyl (C=O) groups excluding carboxylic acids is 1. The lowest BCUT2D eigenvalue weighted by molar-refractivity contribution is -0.147. The molecule has 0 amide bonds. The molecule has 0 radical (unpaired) electrons. The van der Waals surface area contributed by atoms with Crippen LogP contribution in [-0.2, 0) is 16.1 Å². The molecule has 0 unspecified atom stereocenters. The Hall–Kier alpha value is -3.08. The molecule has 1 atom stereocenters. The van der Waals surface area contributed by atoms with Crippen LogP contribution in [0.4, 0.5) is 0 Å². The molecule has 0 spiro atoms. The van der Waals surface area contributed by atoms with Crippen LogP contribution in [-0.4, -0.2) is 22.4 Å². The summed E-state index contributed by atoms with van der Waals surface area (Å²) in [6, 6.07) is 17.5. The zero-order chi connectivity index (χ0) is 18.1. The molecule has 0 N–H and O–H groups in total. The number of para-hydroxylation sites is 1. The van der Waals surface area contributed by atoms with Crippen molar-refractivity contribution in [3.63, 3.8) is 0 Å². The van der Waals surface area contributed by atoms with Gasteiger partial charge in [0.2, 0.25) is 0 Å². The minimum absolute atomic E-state index is 0.245. The molecule has 3 aromatic rings. The molecule has 0 fully saturated rings. The Kier molecular flexibility index (Phi) is 4.21. The Morgan fingerprint density at radius 3 is 2.69 bits per heavy atom. The summed E-state index contributed by atoms with van der Waals surface area (Å²) >= 11 is 0. The van der Waals surface area contributed by atoms with E-state index in [9.17, 15) is 4.79 Å². The van der Waals surface area contributed by atoms with E-state index >= 15 is 0 Å². The van der Waals surface area contributed by atoms with Crippen LogP contribution in [0.1, 0.15) is 28.4 Å². The summed E-state index contributed by atoms with van der Waals surface area (Å²) in [6.07, 6.45) is 0. The lowest BCUT2D eigenvalue weighted by Crippen LogP contribution is -2.17. The number of fused-ring (bicyclic) bond motifs is 1. The van der Waals surface area contributed by atoms with Crippen molar-refractivity contribution in [1.29, 1.82) is 0 Å². The number of aryl methyl sites for hydroxylation is 2. The average Bonchev–Trinajstić information content (AvgIpc) is 3.23. The van der Waals surface area contributed by atoms with Crippen LogP contribution in [0.15, 0.2) is 54.6 Å². The first kappa shape index (κ1) is 16.4. The highest BCUT2D eigenvalue weighted by Crippen LogP contribution is 2.34. The summed E-state index contributed by atoms with van der Waals surface area (Å²) in [7, 11) is 0. The second kappa shape index (κ2) is 6.67. The largest absolute Gasteiger partial charge is 0.492 e.